The zero-order chi connectivity index (χ0) is 19.4. The standard InChI is InChI=1S/C18H20N2O5S/c1-9-16(11(3)21)10(2)20-17(9)18(24)25-8-14(23)15-6-5-13(26-15)7-19-12(4)22/h5-6,20H,7-8H2,1-4H3,(H,19,22). The number of nitrogens with one attached hydrogen (secondary N) is 2. The van der Waals surface area contributed by atoms with Crippen molar-refractivity contribution in [3.8, 4) is 0 Å². The molecule has 8 heteroatoms. The third-order valence-electron chi connectivity index (χ3n) is 3.78. The van der Waals surface area contributed by atoms with E-state index in [4.69, 9.17) is 4.74 Å². The SMILES string of the molecule is CC(=O)NCc1ccc(C(=O)COC(=O)c2[nH]c(C)c(C(C)=O)c2C)s1. The van der Waals surface area contributed by atoms with Crippen LogP contribution in [0.25, 0.3) is 0 Å². The molecule has 1 amide bonds. The summed E-state index contributed by atoms with van der Waals surface area (Å²) in [5, 5.41) is 2.65. The highest BCUT2D eigenvalue weighted by atomic mass is 32.1. The monoisotopic (exact) mass is 376 g/mol. The topological polar surface area (TPSA) is 105 Å². The van der Waals surface area contributed by atoms with Gasteiger partial charge in [0.05, 0.1) is 11.4 Å². The fourth-order valence-electron chi connectivity index (χ4n) is 2.59. The van der Waals surface area contributed by atoms with E-state index < -0.39 is 12.6 Å². The number of aromatic amines is 1. The van der Waals surface area contributed by atoms with E-state index in [9.17, 15) is 19.2 Å². The van der Waals surface area contributed by atoms with Crippen LogP contribution in [-0.2, 0) is 16.1 Å². The fourth-order valence-corrected chi connectivity index (χ4v) is 3.46. The fraction of sp³-hybridized carbons (Fsp3) is 0.333. The number of esters is 1. The number of H-pyrrole nitrogens is 1. The summed E-state index contributed by atoms with van der Waals surface area (Å²) in [6.45, 7) is 6.16. The van der Waals surface area contributed by atoms with Crippen molar-refractivity contribution in [1.82, 2.24) is 10.3 Å². The number of hydrogen-bond acceptors (Lipinski definition) is 6. The molecule has 2 aromatic rings. The molecular formula is C18H20N2O5S. The van der Waals surface area contributed by atoms with Gasteiger partial charge in [-0.05, 0) is 38.5 Å². The van der Waals surface area contributed by atoms with Crippen LogP contribution >= 0.6 is 11.3 Å². The van der Waals surface area contributed by atoms with Crippen molar-refractivity contribution >= 4 is 34.8 Å². The molecule has 2 aromatic heterocycles. The Balaban J connectivity index is 1.99. The Kier molecular flexibility index (Phi) is 6.10. The smallest absolute Gasteiger partial charge is 0.355 e. The Morgan fingerprint density at radius 2 is 1.85 bits per heavy atom. The number of aryl methyl sites for hydroxylation is 1. The number of amides is 1. The van der Waals surface area contributed by atoms with Crippen LogP contribution in [0.15, 0.2) is 12.1 Å². The van der Waals surface area contributed by atoms with E-state index in [1.165, 1.54) is 25.2 Å². The molecule has 0 bridgehead atoms. The quantitative estimate of drug-likeness (QED) is 0.571. The van der Waals surface area contributed by atoms with Gasteiger partial charge in [-0.1, -0.05) is 0 Å². The molecule has 138 valence electrons. The predicted octanol–water partition coefficient (Wildman–Crippen LogP) is 2.57. The summed E-state index contributed by atoms with van der Waals surface area (Å²) in [4.78, 5) is 51.0. The van der Waals surface area contributed by atoms with Gasteiger partial charge in [0.1, 0.15) is 5.69 Å². The summed E-state index contributed by atoms with van der Waals surface area (Å²) in [6, 6.07) is 3.38. The molecule has 0 saturated heterocycles. The van der Waals surface area contributed by atoms with E-state index in [0.29, 0.717) is 28.2 Å². The molecule has 0 fully saturated rings. The number of aromatic nitrogens is 1. The van der Waals surface area contributed by atoms with Crippen LogP contribution in [0.3, 0.4) is 0 Å². The number of thiophene rings is 1. The zero-order valence-corrected chi connectivity index (χ0v) is 15.8. The van der Waals surface area contributed by atoms with Gasteiger partial charge in [-0.3, -0.25) is 14.4 Å². The maximum Gasteiger partial charge on any atom is 0.355 e. The maximum atomic E-state index is 12.2. The third-order valence-corrected chi connectivity index (χ3v) is 4.90. The Bertz CT molecular complexity index is 878. The minimum absolute atomic E-state index is 0.142. The van der Waals surface area contributed by atoms with Gasteiger partial charge >= 0.3 is 5.97 Å². The lowest BCUT2D eigenvalue weighted by Gasteiger charge is -2.03. The first-order chi connectivity index (χ1) is 12.2. The Labute approximate surface area is 154 Å². The van der Waals surface area contributed by atoms with Gasteiger partial charge in [0.15, 0.2) is 12.4 Å². The predicted molar refractivity (Wildman–Crippen MR) is 96.7 cm³/mol. The van der Waals surface area contributed by atoms with E-state index in [1.807, 2.05) is 0 Å². The maximum absolute atomic E-state index is 12.2. The van der Waals surface area contributed by atoms with Gasteiger partial charge in [-0.25, -0.2) is 4.79 Å². The Morgan fingerprint density at radius 3 is 2.42 bits per heavy atom. The lowest BCUT2D eigenvalue weighted by molar-refractivity contribution is -0.119. The van der Waals surface area contributed by atoms with Crippen LogP contribution in [0.5, 0.6) is 0 Å². The number of Topliss-reactive ketones (excluding diaryl/α,β-unsaturated/α-hetero) is 2. The van der Waals surface area contributed by atoms with Crippen molar-refractivity contribution in [2.75, 3.05) is 6.61 Å². The first kappa shape index (κ1) is 19.6. The minimum atomic E-state index is -0.679. The molecule has 2 heterocycles. The molecule has 0 spiro atoms. The van der Waals surface area contributed by atoms with Crippen LogP contribution in [0, 0.1) is 13.8 Å². The molecule has 26 heavy (non-hydrogen) atoms. The minimum Gasteiger partial charge on any atom is -0.453 e. The third kappa shape index (κ3) is 4.45. The molecule has 2 rings (SSSR count). The second-order valence-electron chi connectivity index (χ2n) is 5.86. The summed E-state index contributed by atoms with van der Waals surface area (Å²) in [7, 11) is 0. The van der Waals surface area contributed by atoms with Crippen molar-refractivity contribution < 1.29 is 23.9 Å². The van der Waals surface area contributed by atoms with Gasteiger partial charge in [-0.15, -0.1) is 11.3 Å². The highest BCUT2D eigenvalue weighted by molar-refractivity contribution is 7.14. The van der Waals surface area contributed by atoms with Crippen LogP contribution in [-0.4, -0.2) is 35.0 Å². The normalized spacial score (nSPS) is 10.5. The van der Waals surface area contributed by atoms with Crippen LogP contribution in [0.1, 0.15) is 60.5 Å². The molecule has 0 aliphatic rings. The Hall–Kier alpha value is -2.74. The van der Waals surface area contributed by atoms with E-state index in [2.05, 4.69) is 10.3 Å². The molecule has 0 atom stereocenters. The van der Waals surface area contributed by atoms with Crippen molar-refractivity contribution in [1.29, 1.82) is 0 Å². The van der Waals surface area contributed by atoms with Crippen molar-refractivity contribution in [3.05, 3.63) is 44.4 Å². The van der Waals surface area contributed by atoms with Crippen LogP contribution < -0.4 is 5.32 Å². The van der Waals surface area contributed by atoms with E-state index in [-0.39, 0.29) is 23.2 Å². The first-order valence-corrected chi connectivity index (χ1v) is 8.76. The number of hydrogen-bond donors (Lipinski definition) is 2. The highest BCUT2D eigenvalue weighted by Gasteiger charge is 2.22. The van der Waals surface area contributed by atoms with Gasteiger partial charge in [0, 0.05) is 23.1 Å². The van der Waals surface area contributed by atoms with Gasteiger partial charge in [-0.2, -0.15) is 0 Å². The van der Waals surface area contributed by atoms with Gasteiger partial charge < -0.3 is 15.0 Å². The Morgan fingerprint density at radius 1 is 1.15 bits per heavy atom. The molecule has 7 nitrogen and oxygen atoms in total. The molecular weight excluding hydrogens is 356 g/mol. The molecule has 0 aliphatic carbocycles. The van der Waals surface area contributed by atoms with E-state index in [1.54, 1.807) is 26.0 Å². The molecule has 0 aromatic carbocycles. The average molecular weight is 376 g/mol. The zero-order valence-electron chi connectivity index (χ0n) is 15.0. The van der Waals surface area contributed by atoms with Crippen LogP contribution in [0.2, 0.25) is 0 Å². The average Bonchev–Trinajstić information content (AvgIpc) is 3.14. The molecule has 0 saturated carbocycles. The van der Waals surface area contributed by atoms with Crippen molar-refractivity contribution in [3.63, 3.8) is 0 Å². The molecule has 0 radical (unpaired) electrons. The molecule has 2 N–H and O–H groups in total. The molecule has 0 aliphatic heterocycles. The van der Waals surface area contributed by atoms with E-state index >= 15 is 0 Å². The van der Waals surface area contributed by atoms with Gasteiger partial charge in [0.2, 0.25) is 11.7 Å². The number of carbonyl (C=O) groups excluding carboxylic acids is 4. The second-order valence-corrected chi connectivity index (χ2v) is 7.02. The van der Waals surface area contributed by atoms with Crippen molar-refractivity contribution in [2.45, 2.75) is 34.2 Å². The number of ketones is 2. The summed E-state index contributed by atoms with van der Waals surface area (Å²) in [5.41, 5.74) is 1.75. The number of ether oxygens (including phenoxy) is 1. The second kappa shape index (κ2) is 8.09. The van der Waals surface area contributed by atoms with Crippen molar-refractivity contribution in [2.24, 2.45) is 0 Å². The highest BCUT2D eigenvalue weighted by Crippen LogP contribution is 2.20. The summed E-state index contributed by atoms with van der Waals surface area (Å²) in [5.74, 6) is -1.30. The number of rotatable bonds is 7. The van der Waals surface area contributed by atoms with Crippen LogP contribution in [0.4, 0.5) is 0 Å². The summed E-state index contributed by atoms with van der Waals surface area (Å²) in [6.07, 6.45) is 0. The number of carbonyl (C=O) groups is 4. The summed E-state index contributed by atoms with van der Waals surface area (Å²) < 4.78 is 5.09. The largest absolute Gasteiger partial charge is 0.453 e. The molecule has 0 unspecified atom stereocenters. The van der Waals surface area contributed by atoms with Gasteiger partial charge in [0.25, 0.3) is 0 Å². The lowest BCUT2D eigenvalue weighted by Crippen LogP contribution is -2.18. The first-order valence-electron chi connectivity index (χ1n) is 7.94. The lowest BCUT2D eigenvalue weighted by atomic mass is 10.1. The van der Waals surface area contributed by atoms with E-state index in [0.717, 1.165) is 4.88 Å². The summed E-state index contributed by atoms with van der Waals surface area (Å²) >= 11 is 1.24.